The highest BCUT2D eigenvalue weighted by molar-refractivity contribution is 5.43. The third kappa shape index (κ3) is 4.35. The van der Waals surface area contributed by atoms with Crippen LogP contribution in [0.2, 0.25) is 0 Å². The van der Waals surface area contributed by atoms with Crippen molar-refractivity contribution in [3.63, 3.8) is 0 Å². The molecule has 4 nitrogen and oxygen atoms in total. The maximum absolute atomic E-state index is 9.73. The van der Waals surface area contributed by atoms with Crippen LogP contribution in [-0.4, -0.2) is 32.0 Å². The Morgan fingerprint density at radius 2 is 2.00 bits per heavy atom. The number of hydrogen-bond donors (Lipinski definition) is 2. The summed E-state index contributed by atoms with van der Waals surface area (Å²) in [6.07, 6.45) is 4.12. The fourth-order valence-corrected chi connectivity index (χ4v) is 3.03. The Hall–Kier alpha value is -1.26. The Balaban J connectivity index is 1.92. The number of aliphatic hydroxyl groups is 1. The minimum atomic E-state index is -0.109. The lowest BCUT2D eigenvalue weighted by molar-refractivity contribution is 0.0998. The van der Waals surface area contributed by atoms with E-state index in [-0.39, 0.29) is 12.1 Å². The fourth-order valence-electron chi connectivity index (χ4n) is 3.03. The van der Waals surface area contributed by atoms with Crippen LogP contribution in [0, 0.1) is 5.92 Å². The van der Waals surface area contributed by atoms with Gasteiger partial charge in [-0.25, -0.2) is 0 Å². The van der Waals surface area contributed by atoms with Crippen LogP contribution in [0.15, 0.2) is 18.2 Å². The summed E-state index contributed by atoms with van der Waals surface area (Å²) in [4.78, 5) is 0. The summed E-state index contributed by atoms with van der Waals surface area (Å²) in [5.41, 5.74) is 1.18. The molecule has 2 N–H and O–H groups in total. The first kappa shape index (κ1) is 16.1. The van der Waals surface area contributed by atoms with Gasteiger partial charge in [-0.2, -0.15) is 0 Å². The lowest BCUT2D eigenvalue weighted by atomic mass is 9.87. The van der Waals surface area contributed by atoms with Gasteiger partial charge in [0.2, 0.25) is 0 Å². The van der Waals surface area contributed by atoms with Crippen molar-refractivity contribution in [2.75, 3.05) is 20.8 Å². The van der Waals surface area contributed by atoms with Gasteiger partial charge in [0.25, 0.3) is 0 Å². The zero-order valence-electron chi connectivity index (χ0n) is 13.3. The summed E-state index contributed by atoms with van der Waals surface area (Å²) in [6.45, 7) is 3.10. The van der Waals surface area contributed by atoms with Gasteiger partial charge in [-0.1, -0.05) is 12.5 Å². The molecule has 1 saturated carbocycles. The number of hydrogen-bond acceptors (Lipinski definition) is 4. The zero-order chi connectivity index (χ0) is 15.2. The topological polar surface area (TPSA) is 50.7 Å². The third-order valence-corrected chi connectivity index (χ3v) is 4.38. The number of nitrogens with one attached hydrogen (secondary N) is 1. The number of benzene rings is 1. The van der Waals surface area contributed by atoms with E-state index in [1.54, 1.807) is 14.2 Å². The Labute approximate surface area is 127 Å². The molecule has 1 aliphatic rings. The molecule has 118 valence electrons. The van der Waals surface area contributed by atoms with E-state index in [0.717, 1.165) is 37.3 Å². The maximum atomic E-state index is 9.73. The molecule has 0 spiro atoms. The highest BCUT2D eigenvalue weighted by Crippen LogP contribution is 2.30. The summed E-state index contributed by atoms with van der Waals surface area (Å²) in [5, 5.41) is 13.3. The van der Waals surface area contributed by atoms with E-state index in [4.69, 9.17) is 9.47 Å². The Morgan fingerprint density at radius 1 is 1.24 bits per heavy atom. The second-order valence-electron chi connectivity index (χ2n) is 5.93. The van der Waals surface area contributed by atoms with Gasteiger partial charge in [0.1, 0.15) is 0 Å². The summed E-state index contributed by atoms with van der Waals surface area (Å²) in [5.74, 6) is 2.09. The van der Waals surface area contributed by atoms with Crippen LogP contribution >= 0.6 is 0 Å². The van der Waals surface area contributed by atoms with Gasteiger partial charge >= 0.3 is 0 Å². The van der Waals surface area contributed by atoms with E-state index >= 15 is 0 Å². The van der Waals surface area contributed by atoms with E-state index in [1.807, 2.05) is 12.1 Å². The number of ether oxygens (including phenoxy) is 2. The molecule has 1 aliphatic carbocycles. The monoisotopic (exact) mass is 293 g/mol. The third-order valence-electron chi connectivity index (χ3n) is 4.38. The van der Waals surface area contributed by atoms with Crippen molar-refractivity contribution in [3.8, 4) is 11.5 Å². The minimum absolute atomic E-state index is 0.109. The molecular weight excluding hydrogens is 266 g/mol. The van der Waals surface area contributed by atoms with Crippen molar-refractivity contribution in [1.82, 2.24) is 5.32 Å². The molecule has 0 bridgehead atoms. The van der Waals surface area contributed by atoms with Gasteiger partial charge in [0, 0.05) is 6.04 Å². The maximum Gasteiger partial charge on any atom is 0.161 e. The average Bonchev–Trinajstić information content (AvgIpc) is 2.52. The van der Waals surface area contributed by atoms with Crippen LogP contribution in [-0.2, 0) is 0 Å². The number of methoxy groups -OCH3 is 2. The van der Waals surface area contributed by atoms with Crippen LogP contribution in [0.5, 0.6) is 11.5 Å². The quantitative estimate of drug-likeness (QED) is 0.847. The molecule has 3 unspecified atom stereocenters. The highest BCUT2D eigenvalue weighted by atomic mass is 16.5. The molecule has 0 heterocycles. The molecule has 1 aromatic carbocycles. The molecule has 0 radical (unpaired) electrons. The number of rotatable bonds is 6. The van der Waals surface area contributed by atoms with E-state index in [2.05, 4.69) is 18.3 Å². The summed E-state index contributed by atoms with van der Waals surface area (Å²) in [6, 6.07) is 6.28. The normalized spacial score (nSPS) is 23.6. The predicted molar refractivity (Wildman–Crippen MR) is 83.9 cm³/mol. The summed E-state index contributed by atoms with van der Waals surface area (Å²) < 4.78 is 10.6. The first-order chi connectivity index (χ1) is 10.1. The second kappa shape index (κ2) is 7.66. The Bertz CT molecular complexity index is 450. The number of aliphatic hydroxyl groups excluding tert-OH is 1. The average molecular weight is 293 g/mol. The van der Waals surface area contributed by atoms with Gasteiger partial charge < -0.3 is 19.9 Å². The molecular formula is C17H27NO3. The van der Waals surface area contributed by atoms with Gasteiger partial charge in [0.15, 0.2) is 11.5 Å². The van der Waals surface area contributed by atoms with Gasteiger partial charge in [-0.15, -0.1) is 0 Å². The second-order valence-corrected chi connectivity index (χ2v) is 5.93. The molecule has 4 heteroatoms. The summed E-state index contributed by atoms with van der Waals surface area (Å²) >= 11 is 0. The highest BCUT2D eigenvalue weighted by Gasteiger charge is 2.20. The summed E-state index contributed by atoms with van der Waals surface area (Å²) in [7, 11) is 3.30. The SMILES string of the molecule is COc1ccc(C(C)NCC2CCCC(O)C2)cc1OC. The fraction of sp³-hybridized carbons (Fsp3) is 0.647. The molecule has 0 aromatic heterocycles. The minimum Gasteiger partial charge on any atom is -0.493 e. The Kier molecular flexibility index (Phi) is 5.88. The van der Waals surface area contributed by atoms with Crippen molar-refractivity contribution in [2.24, 2.45) is 5.92 Å². The van der Waals surface area contributed by atoms with Gasteiger partial charge in [0.05, 0.1) is 20.3 Å². The van der Waals surface area contributed by atoms with Crippen molar-refractivity contribution < 1.29 is 14.6 Å². The lowest BCUT2D eigenvalue weighted by Gasteiger charge is -2.27. The smallest absolute Gasteiger partial charge is 0.161 e. The molecule has 0 saturated heterocycles. The van der Waals surface area contributed by atoms with Gasteiger partial charge in [-0.3, -0.25) is 0 Å². The largest absolute Gasteiger partial charge is 0.493 e. The first-order valence-corrected chi connectivity index (χ1v) is 7.77. The molecule has 1 fully saturated rings. The van der Waals surface area contributed by atoms with E-state index in [1.165, 1.54) is 12.0 Å². The molecule has 3 atom stereocenters. The molecule has 0 aliphatic heterocycles. The first-order valence-electron chi connectivity index (χ1n) is 7.77. The standard InChI is InChI=1S/C17H27NO3/c1-12(18-11-13-5-4-6-15(19)9-13)14-7-8-16(20-2)17(10-14)21-3/h7-8,10,12-13,15,18-19H,4-6,9,11H2,1-3H3. The Morgan fingerprint density at radius 3 is 2.67 bits per heavy atom. The zero-order valence-corrected chi connectivity index (χ0v) is 13.3. The lowest BCUT2D eigenvalue weighted by Crippen LogP contribution is -2.30. The van der Waals surface area contributed by atoms with Crippen LogP contribution in [0.1, 0.15) is 44.2 Å². The van der Waals surface area contributed by atoms with Crippen molar-refractivity contribution >= 4 is 0 Å². The van der Waals surface area contributed by atoms with Crippen LogP contribution in [0.4, 0.5) is 0 Å². The van der Waals surface area contributed by atoms with Crippen molar-refractivity contribution in [3.05, 3.63) is 23.8 Å². The van der Waals surface area contributed by atoms with E-state index in [0.29, 0.717) is 5.92 Å². The van der Waals surface area contributed by atoms with Crippen LogP contribution < -0.4 is 14.8 Å². The molecule has 0 amide bonds. The van der Waals surface area contributed by atoms with Crippen molar-refractivity contribution in [1.29, 1.82) is 0 Å². The van der Waals surface area contributed by atoms with Crippen LogP contribution in [0.25, 0.3) is 0 Å². The molecule has 1 aromatic rings. The van der Waals surface area contributed by atoms with Crippen molar-refractivity contribution in [2.45, 2.75) is 44.8 Å². The molecule has 21 heavy (non-hydrogen) atoms. The van der Waals surface area contributed by atoms with E-state index < -0.39 is 0 Å². The molecule has 2 rings (SSSR count). The van der Waals surface area contributed by atoms with Gasteiger partial charge in [-0.05, 0) is 56.3 Å². The van der Waals surface area contributed by atoms with Crippen LogP contribution in [0.3, 0.4) is 0 Å². The predicted octanol–water partition coefficient (Wildman–Crippen LogP) is 2.91. The van der Waals surface area contributed by atoms with E-state index in [9.17, 15) is 5.11 Å².